The summed E-state index contributed by atoms with van der Waals surface area (Å²) in [6.45, 7) is -0.508. The molecule has 0 aromatic heterocycles. The summed E-state index contributed by atoms with van der Waals surface area (Å²) in [4.78, 5) is 36.9. The predicted octanol–water partition coefficient (Wildman–Crippen LogP) is 4.04. The first kappa shape index (κ1) is 18.0. The van der Waals surface area contributed by atoms with E-state index >= 15 is 0 Å². The highest BCUT2D eigenvalue weighted by molar-refractivity contribution is 8.19. The van der Waals surface area contributed by atoms with Gasteiger partial charge in [-0.05, 0) is 36.0 Å². The zero-order valence-electron chi connectivity index (χ0n) is 13.2. The number of aliphatic carboxylic acids is 1. The quantitative estimate of drug-likeness (QED) is 0.777. The number of carbonyl (C=O) groups is 3. The summed E-state index contributed by atoms with van der Waals surface area (Å²) in [5, 5.41) is 8.58. The normalized spacial score (nSPS) is 15.6. The van der Waals surface area contributed by atoms with Gasteiger partial charge in [0.05, 0.1) is 15.6 Å². The van der Waals surface area contributed by atoms with Crippen LogP contribution < -0.4 is 9.64 Å². The summed E-state index contributed by atoms with van der Waals surface area (Å²) in [7, 11) is 0. The summed E-state index contributed by atoms with van der Waals surface area (Å²) in [6.07, 6.45) is 1.50. The average molecular weight is 390 g/mol. The van der Waals surface area contributed by atoms with E-state index in [1.807, 2.05) is 0 Å². The Morgan fingerprint density at radius 3 is 2.58 bits per heavy atom. The Hall–Kier alpha value is -2.77. The Morgan fingerprint density at radius 2 is 1.85 bits per heavy atom. The van der Waals surface area contributed by atoms with Crippen molar-refractivity contribution in [2.75, 3.05) is 11.5 Å². The van der Waals surface area contributed by atoms with Crippen molar-refractivity contribution in [3.63, 3.8) is 0 Å². The van der Waals surface area contributed by atoms with Gasteiger partial charge in [0, 0.05) is 5.56 Å². The van der Waals surface area contributed by atoms with Crippen molar-refractivity contribution in [2.45, 2.75) is 0 Å². The molecule has 2 amide bonds. The molecule has 0 spiro atoms. The lowest BCUT2D eigenvalue weighted by Gasteiger charge is -2.13. The molecule has 132 valence electrons. The van der Waals surface area contributed by atoms with Gasteiger partial charge in [0.15, 0.2) is 6.61 Å². The maximum Gasteiger partial charge on any atom is 0.341 e. The highest BCUT2D eigenvalue weighted by Crippen LogP contribution is 2.39. The molecule has 0 radical (unpaired) electrons. The van der Waals surface area contributed by atoms with E-state index in [4.69, 9.17) is 21.4 Å². The molecule has 1 fully saturated rings. The number of anilines is 1. The summed E-state index contributed by atoms with van der Waals surface area (Å²) in [6, 6.07) is 13.2. The lowest BCUT2D eigenvalue weighted by atomic mass is 10.2. The molecule has 6 nitrogen and oxygen atoms in total. The lowest BCUT2D eigenvalue weighted by molar-refractivity contribution is -0.139. The minimum atomic E-state index is -1.11. The topological polar surface area (TPSA) is 83.9 Å². The fourth-order valence-corrected chi connectivity index (χ4v) is 3.37. The second kappa shape index (κ2) is 7.63. The van der Waals surface area contributed by atoms with Crippen LogP contribution in [-0.2, 0) is 9.59 Å². The number of carboxylic acid groups (broad SMARTS) is 1. The van der Waals surface area contributed by atoms with Gasteiger partial charge in [0.2, 0.25) is 0 Å². The fourth-order valence-electron chi connectivity index (χ4n) is 2.32. The van der Waals surface area contributed by atoms with E-state index in [2.05, 4.69) is 0 Å². The van der Waals surface area contributed by atoms with Crippen LogP contribution in [0.4, 0.5) is 10.5 Å². The van der Waals surface area contributed by atoms with Crippen LogP contribution in [0.2, 0.25) is 5.02 Å². The van der Waals surface area contributed by atoms with Crippen LogP contribution in [0.1, 0.15) is 5.56 Å². The van der Waals surface area contributed by atoms with Crippen molar-refractivity contribution < 1.29 is 24.2 Å². The van der Waals surface area contributed by atoms with Crippen LogP contribution in [0.15, 0.2) is 53.4 Å². The van der Waals surface area contributed by atoms with E-state index < -0.39 is 23.7 Å². The molecular formula is C18H12ClNO5S. The Bertz CT molecular complexity index is 927. The van der Waals surface area contributed by atoms with E-state index in [0.717, 1.165) is 16.7 Å². The Labute approximate surface area is 158 Å². The molecule has 2 aromatic carbocycles. The molecule has 0 bridgehead atoms. The number of hydrogen-bond donors (Lipinski definition) is 1. The van der Waals surface area contributed by atoms with Crippen LogP contribution >= 0.6 is 23.4 Å². The van der Waals surface area contributed by atoms with Gasteiger partial charge in [0.25, 0.3) is 11.1 Å². The van der Waals surface area contributed by atoms with E-state index in [-0.39, 0.29) is 4.91 Å². The molecule has 0 unspecified atom stereocenters. The highest BCUT2D eigenvalue weighted by Gasteiger charge is 2.37. The van der Waals surface area contributed by atoms with E-state index in [1.54, 1.807) is 48.5 Å². The molecule has 8 heteroatoms. The van der Waals surface area contributed by atoms with Crippen LogP contribution in [-0.4, -0.2) is 28.8 Å². The number of imide groups is 1. The third kappa shape index (κ3) is 3.74. The van der Waals surface area contributed by atoms with E-state index in [0.29, 0.717) is 22.0 Å². The number of benzene rings is 2. The first-order valence-corrected chi connectivity index (χ1v) is 8.63. The number of ether oxygens (including phenoxy) is 1. The van der Waals surface area contributed by atoms with Crippen LogP contribution in [0, 0.1) is 0 Å². The van der Waals surface area contributed by atoms with Gasteiger partial charge in [-0.25, -0.2) is 9.69 Å². The monoisotopic (exact) mass is 389 g/mol. The van der Waals surface area contributed by atoms with Crippen molar-refractivity contribution in [1.82, 2.24) is 0 Å². The number of halogens is 1. The van der Waals surface area contributed by atoms with Gasteiger partial charge in [-0.15, -0.1) is 0 Å². The summed E-state index contributed by atoms with van der Waals surface area (Å²) < 4.78 is 5.22. The second-order valence-electron chi connectivity index (χ2n) is 5.19. The third-order valence-electron chi connectivity index (χ3n) is 3.44. The van der Waals surface area contributed by atoms with E-state index in [9.17, 15) is 14.4 Å². The zero-order valence-corrected chi connectivity index (χ0v) is 14.8. The van der Waals surface area contributed by atoms with Crippen LogP contribution in [0.3, 0.4) is 0 Å². The summed E-state index contributed by atoms with van der Waals surface area (Å²) in [5.41, 5.74) is 0.814. The maximum atomic E-state index is 12.7. The number of para-hydroxylation sites is 2. The zero-order chi connectivity index (χ0) is 18.7. The fraction of sp³-hybridized carbons (Fsp3) is 0.0556. The molecular weight excluding hydrogens is 378 g/mol. The molecule has 1 N–H and O–H groups in total. The molecule has 0 aliphatic carbocycles. The molecule has 1 aliphatic rings. The molecule has 0 atom stereocenters. The first-order valence-electron chi connectivity index (χ1n) is 7.43. The van der Waals surface area contributed by atoms with Gasteiger partial charge < -0.3 is 9.84 Å². The molecule has 0 saturated carbocycles. The van der Waals surface area contributed by atoms with Gasteiger partial charge in [0.1, 0.15) is 5.75 Å². The molecule has 2 aromatic rings. The largest absolute Gasteiger partial charge is 0.481 e. The van der Waals surface area contributed by atoms with Crippen molar-refractivity contribution in [1.29, 1.82) is 0 Å². The van der Waals surface area contributed by atoms with Crippen LogP contribution in [0.25, 0.3) is 6.08 Å². The van der Waals surface area contributed by atoms with Gasteiger partial charge >= 0.3 is 5.97 Å². The Kier molecular flexibility index (Phi) is 5.29. The predicted molar refractivity (Wildman–Crippen MR) is 99.5 cm³/mol. The second-order valence-corrected chi connectivity index (χ2v) is 6.59. The lowest BCUT2D eigenvalue weighted by Crippen LogP contribution is -2.27. The van der Waals surface area contributed by atoms with E-state index in [1.165, 1.54) is 6.08 Å². The van der Waals surface area contributed by atoms with Gasteiger partial charge in [-0.3, -0.25) is 9.59 Å². The summed E-state index contributed by atoms with van der Waals surface area (Å²) >= 11 is 6.87. The van der Waals surface area contributed by atoms with Crippen molar-refractivity contribution in [3.8, 4) is 5.75 Å². The standard InChI is InChI=1S/C18H12ClNO5S/c19-12-6-2-3-7-13(12)20-17(23)15(26-18(20)24)9-11-5-1-4-8-14(11)25-10-16(21)22/h1-9H,10H2,(H,21,22)/b15-9-. The van der Waals surface area contributed by atoms with Gasteiger partial charge in [-0.1, -0.05) is 41.9 Å². The Morgan fingerprint density at radius 1 is 1.15 bits per heavy atom. The van der Waals surface area contributed by atoms with Crippen molar-refractivity contribution in [3.05, 3.63) is 64.0 Å². The number of thioether (sulfide) groups is 1. The number of amides is 2. The minimum Gasteiger partial charge on any atom is -0.481 e. The average Bonchev–Trinajstić information content (AvgIpc) is 2.88. The molecule has 26 heavy (non-hydrogen) atoms. The highest BCUT2D eigenvalue weighted by atomic mass is 35.5. The maximum absolute atomic E-state index is 12.7. The number of hydrogen-bond acceptors (Lipinski definition) is 5. The molecule has 1 saturated heterocycles. The van der Waals surface area contributed by atoms with Crippen LogP contribution in [0.5, 0.6) is 5.75 Å². The minimum absolute atomic E-state index is 0.196. The molecule has 1 aliphatic heterocycles. The van der Waals surface area contributed by atoms with Crippen molar-refractivity contribution >= 4 is 52.2 Å². The third-order valence-corrected chi connectivity index (χ3v) is 4.63. The molecule has 1 heterocycles. The summed E-state index contributed by atoms with van der Waals surface area (Å²) in [5.74, 6) is -1.31. The Balaban J connectivity index is 1.92. The SMILES string of the molecule is O=C(O)COc1ccccc1/C=C1\SC(=O)N(c2ccccc2Cl)C1=O. The van der Waals surface area contributed by atoms with Gasteiger partial charge in [-0.2, -0.15) is 0 Å². The first-order chi connectivity index (χ1) is 12.5. The number of nitrogens with zero attached hydrogens (tertiary/aromatic N) is 1. The number of carbonyl (C=O) groups excluding carboxylic acids is 2. The number of carboxylic acids is 1. The van der Waals surface area contributed by atoms with Crippen molar-refractivity contribution in [2.24, 2.45) is 0 Å². The smallest absolute Gasteiger partial charge is 0.341 e. The number of rotatable bonds is 5. The molecule has 3 rings (SSSR count).